The van der Waals surface area contributed by atoms with Crippen LogP contribution in [0.1, 0.15) is 5.56 Å². The van der Waals surface area contributed by atoms with Crippen LogP contribution in [0.15, 0.2) is 36.8 Å². The first-order chi connectivity index (χ1) is 8.85. The van der Waals surface area contributed by atoms with Gasteiger partial charge in [0, 0.05) is 30.7 Å². The molecule has 18 heavy (non-hydrogen) atoms. The highest BCUT2D eigenvalue weighted by molar-refractivity contribution is 5.67. The number of hydrogen-bond donors (Lipinski definition) is 2. The molecule has 0 aliphatic heterocycles. The number of nitrogens with zero attached hydrogens (tertiary/aromatic N) is 3. The average Bonchev–Trinajstić information content (AvgIpc) is 2.46. The molecule has 5 nitrogen and oxygen atoms in total. The molecule has 2 aromatic rings. The van der Waals surface area contributed by atoms with Gasteiger partial charge in [-0.3, -0.25) is 4.98 Å². The van der Waals surface area contributed by atoms with E-state index in [1.165, 1.54) is 0 Å². The summed E-state index contributed by atoms with van der Waals surface area (Å²) in [6.07, 6.45) is 5.08. The minimum Gasteiger partial charge on any atom is -0.395 e. The molecule has 2 aromatic heterocycles. The van der Waals surface area contributed by atoms with Crippen LogP contribution in [0.3, 0.4) is 0 Å². The summed E-state index contributed by atoms with van der Waals surface area (Å²) in [6, 6.07) is 7.58. The number of nitrogens with one attached hydrogen (secondary N) is 1. The molecule has 0 saturated heterocycles. The second-order valence-electron chi connectivity index (χ2n) is 3.62. The van der Waals surface area contributed by atoms with Crippen molar-refractivity contribution >= 4 is 5.82 Å². The van der Waals surface area contributed by atoms with Gasteiger partial charge < -0.3 is 10.4 Å². The summed E-state index contributed by atoms with van der Waals surface area (Å²) in [5.74, 6) is 0.490. The van der Waals surface area contributed by atoms with Crippen LogP contribution in [-0.4, -0.2) is 28.2 Å². The molecule has 0 unspecified atom stereocenters. The third-order valence-electron chi connectivity index (χ3n) is 2.43. The minimum atomic E-state index is -0.00133. The van der Waals surface area contributed by atoms with Crippen molar-refractivity contribution in [3.8, 4) is 17.2 Å². The van der Waals surface area contributed by atoms with Crippen molar-refractivity contribution in [1.29, 1.82) is 5.26 Å². The van der Waals surface area contributed by atoms with Gasteiger partial charge in [-0.1, -0.05) is 0 Å². The Hall–Kier alpha value is -2.45. The third-order valence-corrected chi connectivity index (χ3v) is 2.43. The summed E-state index contributed by atoms with van der Waals surface area (Å²) in [6.45, 7) is 0.370. The molecule has 2 heterocycles. The number of hydrogen-bond acceptors (Lipinski definition) is 5. The highest BCUT2D eigenvalue weighted by Crippen LogP contribution is 2.21. The Labute approximate surface area is 105 Å². The Balaban J connectivity index is 2.34. The summed E-state index contributed by atoms with van der Waals surface area (Å²) in [4.78, 5) is 8.14. The zero-order chi connectivity index (χ0) is 12.8. The van der Waals surface area contributed by atoms with Gasteiger partial charge in [0.25, 0.3) is 0 Å². The van der Waals surface area contributed by atoms with Crippen LogP contribution in [0.4, 0.5) is 5.82 Å². The van der Waals surface area contributed by atoms with Gasteiger partial charge in [-0.15, -0.1) is 0 Å². The molecule has 0 atom stereocenters. The maximum absolute atomic E-state index is 9.08. The summed E-state index contributed by atoms with van der Waals surface area (Å²) in [5, 5.41) is 20.7. The zero-order valence-corrected chi connectivity index (χ0v) is 9.67. The first-order valence-electron chi connectivity index (χ1n) is 5.50. The lowest BCUT2D eigenvalue weighted by Crippen LogP contribution is -2.08. The van der Waals surface area contributed by atoms with E-state index in [2.05, 4.69) is 21.4 Å². The first-order valence-corrected chi connectivity index (χ1v) is 5.50. The third kappa shape index (κ3) is 2.62. The van der Waals surface area contributed by atoms with E-state index in [0.29, 0.717) is 17.9 Å². The molecular formula is C13H12N4O. The minimum absolute atomic E-state index is 0.00133. The summed E-state index contributed by atoms with van der Waals surface area (Å²) in [5.41, 5.74) is 2.28. The lowest BCUT2D eigenvalue weighted by Gasteiger charge is -2.07. The smallest absolute Gasteiger partial charge is 0.144 e. The number of rotatable bonds is 4. The van der Waals surface area contributed by atoms with Crippen molar-refractivity contribution in [1.82, 2.24) is 9.97 Å². The van der Waals surface area contributed by atoms with Crippen molar-refractivity contribution in [3.63, 3.8) is 0 Å². The van der Waals surface area contributed by atoms with Crippen LogP contribution in [0.25, 0.3) is 11.1 Å². The van der Waals surface area contributed by atoms with E-state index in [1.807, 2.05) is 12.1 Å². The number of nitriles is 1. The van der Waals surface area contributed by atoms with Crippen molar-refractivity contribution < 1.29 is 5.11 Å². The van der Waals surface area contributed by atoms with Crippen LogP contribution in [0.5, 0.6) is 0 Å². The van der Waals surface area contributed by atoms with Crippen molar-refractivity contribution in [3.05, 3.63) is 42.4 Å². The second kappa shape index (κ2) is 5.75. The molecular weight excluding hydrogens is 228 g/mol. The zero-order valence-electron chi connectivity index (χ0n) is 9.67. The fourth-order valence-corrected chi connectivity index (χ4v) is 1.57. The lowest BCUT2D eigenvalue weighted by molar-refractivity contribution is 0.311. The quantitative estimate of drug-likeness (QED) is 0.844. The normalized spacial score (nSPS) is 9.78. The molecule has 2 rings (SSSR count). The van der Waals surface area contributed by atoms with E-state index in [9.17, 15) is 0 Å². The fraction of sp³-hybridized carbons (Fsp3) is 0.154. The highest BCUT2D eigenvalue weighted by atomic mass is 16.3. The summed E-state index contributed by atoms with van der Waals surface area (Å²) >= 11 is 0. The number of aromatic nitrogens is 2. The van der Waals surface area contributed by atoms with Gasteiger partial charge in [-0.05, 0) is 23.8 Å². The second-order valence-corrected chi connectivity index (χ2v) is 3.62. The molecule has 2 N–H and O–H groups in total. The van der Waals surface area contributed by atoms with E-state index >= 15 is 0 Å². The van der Waals surface area contributed by atoms with Crippen LogP contribution < -0.4 is 5.32 Å². The Bertz CT molecular complexity index is 563. The van der Waals surface area contributed by atoms with Crippen LogP contribution in [0, 0.1) is 11.3 Å². The molecule has 0 spiro atoms. The highest BCUT2D eigenvalue weighted by Gasteiger charge is 2.06. The van der Waals surface area contributed by atoms with Crippen molar-refractivity contribution in [2.45, 2.75) is 0 Å². The van der Waals surface area contributed by atoms with E-state index in [4.69, 9.17) is 10.4 Å². The van der Waals surface area contributed by atoms with Crippen LogP contribution in [-0.2, 0) is 0 Å². The molecule has 0 aliphatic carbocycles. The Morgan fingerprint density at radius 3 is 2.72 bits per heavy atom. The maximum Gasteiger partial charge on any atom is 0.144 e. The van der Waals surface area contributed by atoms with Gasteiger partial charge >= 0.3 is 0 Å². The number of aliphatic hydroxyl groups is 1. The molecule has 0 saturated carbocycles. The molecule has 0 amide bonds. The Morgan fingerprint density at radius 1 is 1.28 bits per heavy atom. The topological polar surface area (TPSA) is 81.8 Å². The Kier molecular flexibility index (Phi) is 3.84. The van der Waals surface area contributed by atoms with E-state index in [0.717, 1.165) is 11.1 Å². The number of anilines is 1. The SMILES string of the molecule is N#Cc1cc(-c2ccncc2)cnc1NCCO. The van der Waals surface area contributed by atoms with Gasteiger partial charge in [-0.2, -0.15) is 5.26 Å². The largest absolute Gasteiger partial charge is 0.395 e. The predicted molar refractivity (Wildman–Crippen MR) is 67.8 cm³/mol. The molecule has 5 heteroatoms. The lowest BCUT2D eigenvalue weighted by atomic mass is 10.1. The summed E-state index contributed by atoms with van der Waals surface area (Å²) < 4.78 is 0. The standard InChI is InChI=1S/C13H12N4O/c14-8-11-7-12(10-1-3-15-4-2-10)9-17-13(11)16-5-6-18/h1-4,7,9,18H,5-6H2,(H,16,17). The maximum atomic E-state index is 9.08. The fourth-order valence-electron chi connectivity index (χ4n) is 1.57. The monoisotopic (exact) mass is 240 g/mol. The predicted octanol–water partition coefficient (Wildman–Crippen LogP) is 1.42. The summed E-state index contributed by atoms with van der Waals surface area (Å²) in [7, 11) is 0. The molecule has 90 valence electrons. The average molecular weight is 240 g/mol. The van der Waals surface area contributed by atoms with E-state index < -0.39 is 0 Å². The van der Waals surface area contributed by atoms with Gasteiger partial charge in [0.2, 0.25) is 0 Å². The molecule has 0 fully saturated rings. The first kappa shape index (κ1) is 12.0. The number of aliphatic hydroxyl groups excluding tert-OH is 1. The van der Waals surface area contributed by atoms with Crippen molar-refractivity contribution in [2.75, 3.05) is 18.5 Å². The van der Waals surface area contributed by atoms with Crippen LogP contribution in [0.2, 0.25) is 0 Å². The van der Waals surface area contributed by atoms with Gasteiger partial charge in [0.1, 0.15) is 11.9 Å². The molecule has 0 bridgehead atoms. The van der Waals surface area contributed by atoms with Gasteiger partial charge in [0.05, 0.1) is 12.2 Å². The van der Waals surface area contributed by atoms with E-state index in [-0.39, 0.29) is 6.61 Å². The molecule has 0 radical (unpaired) electrons. The van der Waals surface area contributed by atoms with Crippen molar-refractivity contribution in [2.24, 2.45) is 0 Å². The van der Waals surface area contributed by atoms with Gasteiger partial charge in [-0.25, -0.2) is 4.98 Å². The number of pyridine rings is 2. The Morgan fingerprint density at radius 2 is 2.06 bits per heavy atom. The van der Waals surface area contributed by atoms with Gasteiger partial charge in [0.15, 0.2) is 0 Å². The molecule has 0 aliphatic rings. The molecule has 0 aromatic carbocycles. The van der Waals surface area contributed by atoms with E-state index in [1.54, 1.807) is 24.7 Å². The van der Waals surface area contributed by atoms with Crippen LogP contribution >= 0.6 is 0 Å².